The second kappa shape index (κ2) is 4.71. The molecular weight excluding hydrogens is 255 g/mol. The maximum Gasteiger partial charge on any atom is 0.274 e. The molecule has 0 radical (unpaired) electrons. The average molecular weight is 270 g/mol. The van der Waals surface area contributed by atoms with Gasteiger partial charge in [0.1, 0.15) is 17.2 Å². The number of carbonyl (C=O) groups excluding carboxylic acids is 1. The second-order valence-corrected chi connectivity index (χ2v) is 5.03. The number of fused-ring (bicyclic) bond motifs is 1. The lowest BCUT2D eigenvalue weighted by Crippen LogP contribution is -2.50. The van der Waals surface area contributed by atoms with Crippen LogP contribution in [0.25, 0.3) is 0 Å². The van der Waals surface area contributed by atoms with Gasteiger partial charge in [0.05, 0.1) is 0 Å². The lowest BCUT2D eigenvalue weighted by molar-refractivity contribution is -0.125. The summed E-state index contributed by atoms with van der Waals surface area (Å²) < 4.78 is 13.0. The third-order valence-electron chi connectivity index (χ3n) is 3.91. The summed E-state index contributed by atoms with van der Waals surface area (Å²) in [5.74, 6) is 0.284. The number of amidine groups is 1. The van der Waals surface area contributed by atoms with Gasteiger partial charge in [-0.05, 0) is 36.3 Å². The predicted molar refractivity (Wildman–Crippen MR) is 75.7 cm³/mol. The minimum absolute atomic E-state index is 0.129. The van der Waals surface area contributed by atoms with E-state index in [0.29, 0.717) is 18.7 Å². The fraction of sp³-hybridized carbons (Fsp3) is 0.250. The number of allylic oxidation sites excluding steroid dienone is 2. The molecule has 1 aromatic rings. The molecule has 0 N–H and O–H groups in total. The molecule has 2 aliphatic rings. The van der Waals surface area contributed by atoms with Gasteiger partial charge in [0, 0.05) is 12.6 Å². The van der Waals surface area contributed by atoms with Crippen LogP contribution in [0.4, 0.5) is 4.39 Å². The van der Waals surface area contributed by atoms with Crippen LogP contribution in [-0.4, -0.2) is 22.2 Å². The van der Waals surface area contributed by atoms with Crippen LogP contribution in [0.2, 0.25) is 0 Å². The van der Waals surface area contributed by atoms with Gasteiger partial charge in [-0.25, -0.2) is 4.39 Å². The number of benzene rings is 1. The number of hydrogen-bond acceptors (Lipinski definition) is 2. The molecule has 4 heteroatoms. The van der Waals surface area contributed by atoms with Crippen molar-refractivity contribution >= 4 is 11.7 Å². The minimum Gasteiger partial charge on any atom is -0.317 e. The van der Waals surface area contributed by atoms with Gasteiger partial charge in [0.15, 0.2) is 0 Å². The molecule has 0 aliphatic carbocycles. The summed E-state index contributed by atoms with van der Waals surface area (Å²) in [6, 6.07) is 6.29. The Kier molecular flexibility index (Phi) is 3.01. The van der Waals surface area contributed by atoms with Crippen molar-refractivity contribution in [1.82, 2.24) is 4.90 Å². The number of amides is 1. The van der Waals surface area contributed by atoms with Crippen molar-refractivity contribution in [2.45, 2.75) is 25.3 Å². The molecular formula is C16H15FN2O. The van der Waals surface area contributed by atoms with E-state index in [1.807, 2.05) is 36.3 Å². The van der Waals surface area contributed by atoms with E-state index in [9.17, 15) is 9.18 Å². The molecule has 2 aliphatic heterocycles. The highest BCUT2D eigenvalue weighted by molar-refractivity contribution is 6.12. The van der Waals surface area contributed by atoms with Gasteiger partial charge < -0.3 is 4.90 Å². The highest BCUT2D eigenvalue weighted by Crippen LogP contribution is 2.33. The summed E-state index contributed by atoms with van der Waals surface area (Å²) in [4.78, 5) is 18.5. The third-order valence-corrected chi connectivity index (χ3v) is 3.91. The molecule has 3 rings (SSSR count). The number of nitrogens with zero attached hydrogens (tertiary/aromatic N) is 2. The first-order valence-corrected chi connectivity index (χ1v) is 6.67. The van der Waals surface area contributed by atoms with Gasteiger partial charge in [-0.3, -0.25) is 4.79 Å². The van der Waals surface area contributed by atoms with Crippen molar-refractivity contribution in [3.63, 3.8) is 0 Å². The number of carbonyl (C=O) groups is 1. The number of aliphatic imine (C=N–C) groups is 1. The fourth-order valence-corrected chi connectivity index (χ4v) is 2.75. The second-order valence-electron chi connectivity index (χ2n) is 5.03. The van der Waals surface area contributed by atoms with Crippen LogP contribution in [0.5, 0.6) is 0 Å². The molecule has 0 aromatic heterocycles. The average Bonchev–Trinajstić information content (AvgIpc) is 2.74. The fourth-order valence-electron chi connectivity index (χ4n) is 2.75. The molecule has 102 valence electrons. The molecule has 0 spiro atoms. The van der Waals surface area contributed by atoms with Gasteiger partial charge in [-0.1, -0.05) is 25.1 Å². The van der Waals surface area contributed by atoms with Crippen molar-refractivity contribution in [2.24, 2.45) is 4.99 Å². The summed E-state index contributed by atoms with van der Waals surface area (Å²) >= 11 is 0. The number of halogens is 1. The molecule has 20 heavy (non-hydrogen) atoms. The molecule has 0 saturated heterocycles. The van der Waals surface area contributed by atoms with E-state index in [-0.39, 0.29) is 11.7 Å². The Hall–Kier alpha value is -2.23. The summed E-state index contributed by atoms with van der Waals surface area (Å²) in [5.41, 5.74) is 0.245. The zero-order valence-corrected chi connectivity index (χ0v) is 11.2. The van der Waals surface area contributed by atoms with Crippen LogP contribution < -0.4 is 0 Å². The summed E-state index contributed by atoms with van der Waals surface area (Å²) in [5, 5.41) is 0. The largest absolute Gasteiger partial charge is 0.317 e. The van der Waals surface area contributed by atoms with Crippen LogP contribution in [0.1, 0.15) is 18.9 Å². The predicted octanol–water partition coefficient (Wildman–Crippen LogP) is 2.84. The Labute approximate surface area is 117 Å². The van der Waals surface area contributed by atoms with E-state index in [0.717, 1.165) is 5.56 Å². The molecule has 0 fully saturated rings. The Morgan fingerprint density at radius 2 is 2.00 bits per heavy atom. The number of rotatable bonds is 3. The summed E-state index contributed by atoms with van der Waals surface area (Å²) in [6.45, 7) is 1.98. The van der Waals surface area contributed by atoms with Crippen molar-refractivity contribution in [1.29, 1.82) is 0 Å². The third kappa shape index (κ3) is 1.88. The quantitative estimate of drug-likeness (QED) is 0.846. The summed E-state index contributed by atoms with van der Waals surface area (Å²) in [6.07, 6.45) is 8.65. The first-order valence-electron chi connectivity index (χ1n) is 6.67. The van der Waals surface area contributed by atoms with Crippen molar-refractivity contribution < 1.29 is 9.18 Å². The molecule has 2 heterocycles. The van der Waals surface area contributed by atoms with Gasteiger partial charge >= 0.3 is 0 Å². The van der Waals surface area contributed by atoms with Crippen LogP contribution in [0, 0.1) is 5.82 Å². The molecule has 3 nitrogen and oxygen atoms in total. The van der Waals surface area contributed by atoms with Crippen LogP contribution in [0.15, 0.2) is 53.7 Å². The first kappa shape index (κ1) is 12.8. The normalized spacial score (nSPS) is 24.0. The standard InChI is InChI=1S/C16H15FN2O/c1-2-16(11-12-6-8-13(17)9-7-12)15(20)18-14-5-3-4-10-19(14)16/h3-10H,2,11H2,1H3. The van der Waals surface area contributed by atoms with Crippen molar-refractivity contribution in [3.05, 3.63) is 60.1 Å². The highest BCUT2D eigenvalue weighted by Gasteiger charge is 2.47. The molecule has 1 unspecified atom stereocenters. The molecule has 0 saturated carbocycles. The zero-order valence-electron chi connectivity index (χ0n) is 11.2. The van der Waals surface area contributed by atoms with Gasteiger partial charge in [0.25, 0.3) is 5.91 Å². The van der Waals surface area contributed by atoms with Crippen LogP contribution in [0.3, 0.4) is 0 Å². The SMILES string of the molecule is CCC1(Cc2ccc(F)cc2)C(=O)N=C2C=CC=CN21. The smallest absolute Gasteiger partial charge is 0.274 e. The highest BCUT2D eigenvalue weighted by atomic mass is 19.1. The van der Waals surface area contributed by atoms with E-state index >= 15 is 0 Å². The van der Waals surface area contributed by atoms with Gasteiger partial charge in [-0.2, -0.15) is 4.99 Å². The van der Waals surface area contributed by atoms with E-state index in [2.05, 4.69) is 4.99 Å². The van der Waals surface area contributed by atoms with E-state index in [1.54, 1.807) is 12.1 Å². The number of hydrogen-bond donors (Lipinski definition) is 0. The maximum absolute atomic E-state index is 13.0. The lowest BCUT2D eigenvalue weighted by atomic mass is 9.86. The maximum atomic E-state index is 13.0. The van der Waals surface area contributed by atoms with Gasteiger partial charge in [0.2, 0.25) is 0 Å². The van der Waals surface area contributed by atoms with Gasteiger partial charge in [-0.15, -0.1) is 0 Å². The Bertz CT molecular complexity index is 630. The lowest BCUT2D eigenvalue weighted by Gasteiger charge is -2.36. The zero-order chi connectivity index (χ0) is 14.2. The minimum atomic E-state index is -0.686. The molecule has 1 aromatic carbocycles. The topological polar surface area (TPSA) is 32.7 Å². The monoisotopic (exact) mass is 270 g/mol. The Balaban J connectivity index is 1.96. The first-order chi connectivity index (χ1) is 9.65. The molecule has 1 atom stereocenters. The van der Waals surface area contributed by atoms with E-state index in [1.165, 1.54) is 12.1 Å². The summed E-state index contributed by atoms with van der Waals surface area (Å²) in [7, 11) is 0. The van der Waals surface area contributed by atoms with Crippen molar-refractivity contribution in [2.75, 3.05) is 0 Å². The van der Waals surface area contributed by atoms with E-state index in [4.69, 9.17) is 0 Å². The van der Waals surface area contributed by atoms with Crippen molar-refractivity contribution in [3.8, 4) is 0 Å². The molecule has 0 bridgehead atoms. The van der Waals surface area contributed by atoms with Crippen LogP contribution >= 0.6 is 0 Å². The Morgan fingerprint density at radius 3 is 2.70 bits per heavy atom. The van der Waals surface area contributed by atoms with E-state index < -0.39 is 5.54 Å². The molecule has 1 amide bonds. The van der Waals surface area contributed by atoms with Crippen LogP contribution in [-0.2, 0) is 11.2 Å². The Morgan fingerprint density at radius 1 is 1.25 bits per heavy atom.